The molecule has 2 nitrogen and oxygen atoms in total. The van der Waals surface area contributed by atoms with E-state index in [1.807, 2.05) is 44.2 Å². The van der Waals surface area contributed by atoms with Gasteiger partial charge in [0.15, 0.2) is 0 Å². The smallest absolute Gasteiger partial charge is 0.341 e. The van der Waals surface area contributed by atoms with Crippen molar-refractivity contribution in [3.63, 3.8) is 0 Å². The maximum absolute atomic E-state index is 12.4. The Balaban J connectivity index is 2.23. The third-order valence-electron chi connectivity index (χ3n) is 3.72. The van der Waals surface area contributed by atoms with Crippen LogP contribution in [0.2, 0.25) is 0 Å². The van der Waals surface area contributed by atoms with Gasteiger partial charge in [0.25, 0.3) is 0 Å². The molecule has 0 aliphatic rings. The Morgan fingerprint density at radius 3 is 2.38 bits per heavy atom. The minimum absolute atomic E-state index is 0.0482. The molecule has 3 heteroatoms. The lowest BCUT2D eigenvalue weighted by molar-refractivity contribution is 0.0761. The van der Waals surface area contributed by atoms with E-state index in [2.05, 4.69) is 19.9 Å². The Morgan fingerprint density at radius 2 is 1.76 bits per heavy atom. The van der Waals surface area contributed by atoms with E-state index in [9.17, 15) is 4.79 Å². The molecule has 1 unspecified atom stereocenters. The van der Waals surface area contributed by atoms with E-state index in [-0.39, 0.29) is 14.8 Å². The first-order chi connectivity index (χ1) is 10.0. The lowest BCUT2D eigenvalue weighted by Gasteiger charge is -2.15. The zero-order valence-corrected chi connectivity index (χ0v) is 14.0. The molecule has 0 saturated heterocycles. The van der Waals surface area contributed by atoms with Gasteiger partial charge in [-0.15, -0.1) is 0 Å². The standard InChI is InChI=1S/C18H21O2P/c1-5-16-12(2)11-13(3)17(14(16)4)18(19)20-21-15-9-7-6-8-10-15/h6-11,21H,5H2,1-4H3. The molecule has 0 bridgehead atoms. The predicted molar refractivity (Wildman–Crippen MR) is 89.8 cm³/mol. The molecule has 1 atom stereocenters. The molecule has 0 saturated carbocycles. The summed E-state index contributed by atoms with van der Waals surface area (Å²) >= 11 is 0. The Labute approximate surface area is 128 Å². The summed E-state index contributed by atoms with van der Waals surface area (Å²) in [7, 11) is 0.0482. The van der Waals surface area contributed by atoms with Crippen molar-refractivity contribution in [1.29, 1.82) is 0 Å². The Morgan fingerprint density at radius 1 is 1.10 bits per heavy atom. The van der Waals surface area contributed by atoms with Crippen LogP contribution in [0, 0.1) is 20.8 Å². The summed E-state index contributed by atoms with van der Waals surface area (Å²) in [5.74, 6) is -0.220. The van der Waals surface area contributed by atoms with Crippen molar-refractivity contribution < 1.29 is 9.32 Å². The van der Waals surface area contributed by atoms with E-state index in [1.165, 1.54) is 11.1 Å². The number of aryl methyl sites for hydroxylation is 2. The topological polar surface area (TPSA) is 26.3 Å². The molecule has 0 aliphatic carbocycles. The van der Waals surface area contributed by atoms with Crippen molar-refractivity contribution in [3.8, 4) is 0 Å². The van der Waals surface area contributed by atoms with Gasteiger partial charge in [0.2, 0.25) is 0 Å². The molecule has 0 aliphatic heterocycles. The zero-order valence-electron chi connectivity index (χ0n) is 13.0. The van der Waals surface area contributed by atoms with Crippen LogP contribution < -0.4 is 5.30 Å². The lowest BCUT2D eigenvalue weighted by Crippen LogP contribution is -2.10. The quantitative estimate of drug-likeness (QED) is 0.789. The summed E-state index contributed by atoms with van der Waals surface area (Å²) in [6.07, 6.45) is 0.930. The SMILES string of the molecule is CCc1c(C)cc(C)c(C(=O)OPc2ccccc2)c1C. The van der Waals surface area contributed by atoms with Gasteiger partial charge in [-0.3, -0.25) is 0 Å². The average molecular weight is 300 g/mol. The van der Waals surface area contributed by atoms with Crippen LogP contribution in [0.4, 0.5) is 0 Å². The van der Waals surface area contributed by atoms with Crippen LogP contribution in [0.3, 0.4) is 0 Å². The fourth-order valence-corrected chi connectivity index (χ4v) is 3.39. The second kappa shape index (κ2) is 6.87. The van der Waals surface area contributed by atoms with Gasteiger partial charge in [-0.05, 0) is 49.4 Å². The predicted octanol–water partition coefficient (Wildman–Crippen LogP) is 4.25. The number of carbonyl (C=O) groups is 1. The van der Waals surface area contributed by atoms with Crippen molar-refractivity contribution >= 4 is 20.1 Å². The van der Waals surface area contributed by atoms with Gasteiger partial charge in [-0.25, -0.2) is 4.79 Å². The van der Waals surface area contributed by atoms with E-state index in [0.717, 1.165) is 28.4 Å². The number of hydrogen-bond donors (Lipinski definition) is 0. The third kappa shape index (κ3) is 3.51. The number of carbonyl (C=O) groups excluding carboxylic acids is 1. The maximum Gasteiger partial charge on any atom is 0.341 e. The summed E-state index contributed by atoms with van der Waals surface area (Å²) in [6, 6.07) is 11.9. The van der Waals surface area contributed by atoms with Gasteiger partial charge < -0.3 is 4.52 Å². The van der Waals surface area contributed by atoms with E-state index in [1.54, 1.807) is 0 Å². The molecular weight excluding hydrogens is 279 g/mol. The molecular formula is C18H21O2P. The second-order valence-electron chi connectivity index (χ2n) is 5.20. The van der Waals surface area contributed by atoms with Crippen LogP contribution in [0.5, 0.6) is 0 Å². The first-order valence-electron chi connectivity index (χ1n) is 7.16. The average Bonchev–Trinajstić information content (AvgIpc) is 2.46. The molecule has 0 heterocycles. The molecule has 2 aromatic rings. The summed E-state index contributed by atoms with van der Waals surface area (Å²) in [5, 5.41) is 1.03. The maximum atomic E-state index is 12.4. The first-order valence-corrected chi connectivity index (χ1v) is 8.07. The highest BCUT2D eigenvalue weighted by Gasteiger charge is 2.17. The highest BCUT2D eigenvalue weighted by molar-refractivity contribution is 7.42. The van der Waals surface area contributed by atoms with Crippen LogP contribution in [0.1, 0.15) is 39.5 Å². The third-order valence-corrected chi connectivity index (χ3v) is 4.58. The number of benzene rings is 2. The van der Waals surface area contributed by atoms with Gasteiger partial charge in [0.1, 0.15) is 8.81 Å². The first kappa shape index (κ1) is 15.7. The van der Waals surface area contributed by atoms with Crippen LogP contribution in [0.25, 0.3) is 0 Å². The van der Waals surface area contributed by atoms with Crippen molar-refractivity contribution in [1.82, 2.24) is 0 Å². The minimum atomic E-state index is -0.220. The van der Waals surface area contributed by atoms with E-state index >= 15 is 0 Å². The van der Waals surface area contributed by atoms with Gasteiger partial charge in [0.05, 0.1) is 5.56 Å². The van der Waals surface area contributed by atoms with Crippen LogP contribution >= 0.6 is 8.81 Å². The monoisotopic (exact) mass is 300 g/mol. The number of rotatable bonds is 4. The highest BCUT2D eigenvalue weighted by atomic mass is 31.1. The summed E-state index contributed by atoms with van der Waals surface area (Å²) in [4.78, 5) is 12.4. The normalized spacial score (nSPS) is 11.0. The van der Waals surface area contributed by atoms with Crippen molar-refractivity contribution in [2.45, 2.75) is 34.1 Å². The van der Waals surface area contributed by atoms with E-state index in [0.29, 0.717) is 0 Å². The molecule has 110 valence electrons. The molecule has 0 fully saturated rings. The Bertz CT molecular complexity index is 648. The number of hydrogen-bond acceptors (Lipinski definition) is 2. The molecule has 21 heavy (non-hydrogen) atoms. The lowest BCUT2D eigenvalue weighted by atomic mass is 9.92. The summed E-state index contributed by atoms with van der Waals surface area (Å²) < 4.78 is 5.50. The summed E-state index contributed by atoms with van der Waals surface area (Å²) in [5.41, 5.74) is 5.26. The molecule has 0 N–H and O–H groups in total. The second-order valence-corrected chi connectivity index (χ2v) is 6.19. The van der Waals surface area contributed by atoms with Gasteiger partial charge in [-0.2, -0.15) is 0 Å². The van der Waals surface area contributed by atoms with Crippen molar-refractivity contribution in [2.75, 3.05) is 0 Å². The van der Waals surface area contributed by atoms with Crippen molar-refractivity contribution in [3.05, 3.63) is 64.2 Å². The molecule has 2 rings (SSSR count). The van der Waals surface area contributed by atoms with Crippen LogP contribution in [0.15, 0.2) is 36.4 Å². The van der Waals surface area contributed by atoms with Crippen LogP contribution in [-0.4, -0.2) is 5.97 Å². The van der Waals surface area contributed by atoms with Gasteiger partial charge >= 0.3 is 5.97 Å². The fourth-order valence-electron chi connectivity index (χ4n) is 2.75. The molecule has 0 aromatic heterocycles. The fraction of sp³-hybridized carbons (Fsp3) is 0.278. The Hall–Kier alpha value is -1.66. The van der Waals surface area contributed by atoms with Crippen molar-refractivity contribution in [2.24, 2.45) is 0 Å². The molecule has 2 aromatic carbocycles. The molecule has 0 radical (unpaired) electrons. The Kier molecular flexibility index (Phi) is 5.14. The van der Waals surface area contributed by atoms with E-state index in [4.69, 9.17) is 4.52 Å². The van der Waals surface area contributed by atoms with E-state index < -0.39 is 0 Å². The zero-order chi connectivity index (χ0) is 15.4. The molecule has 0 amide bonds. The minimum Gasteiger partial charge on any atom is -0.440 e. The summed E-state index contributed by atoms with van der Waals surface area (Å²) in [6.45, 7) is 8.20. The highest BCUT2D eigenvalue weighted by Crippen LogP contribution is 2.25. The largest absolute Gasteiger partial charge is 0.440 e. The molecule has 0 spiro atoms. The van der Waals surface area contributed by atoms with Gasteiger partial charge in [0, 0.05) is 5.30 Å². The van der Waals surface area contributed by atoms with Crippen LogP contribution in [-0.2, 0) is 10.9 Å². The van der Waals surface area contributed by atoms with Gasteiger partial charge in [-0.1, -0.05) is 43.3 Å².